The van der Waals surface area contributed by atoms with Gasteiger partial charge in [-0.15, -0.1) is 0 Å². The molecule has 0 radical (unpaired) electrons. The van der Waals surface area contributed by atoms with Crippen LogP contribution < -0.4 is 5.32 Å². The Kier molecular flexibility index (Phi) is 4.28. The van der Waals surface area contributed by atoms with E-state index in [0.29, 0.717) is 12.0 Å². The number of carbonyl (C=O) groups excluding carboxylic acids is 1. The van der Waals surface area contributed by atoms with Gasteiger partial charge in [0.2, 0.25) is 5.91 Å². The number of carbonyl (C=O) groups is 1. The van der Waals surface area contributed by atoms with E-state index in [0.717, 1.165) is 6.42 Å². The van der Waals surface area contributed by atoms with Crippen molar-refractivity contribution in [3.63, 3.8) is 0 Å². The van der Waals surface area contributed by atoms with Gasteiger partial charge in [0.25, 0.3) is 0 Å². The summed E-state index contributed by atoms with van der Waals surface area (Å²) in [6.45, 7) is 3.72. The van der Waals surface area contributed by atoms with Gasteiger partial charge < -0.3 is 5.32 Å². The molecule has 15 heavy (non-hydrogen) atoms. The zero-order chi connectivity index (χ0) is 11.3. The van der Waals surface area contributed by atoms with Crippen molar-refractivity contribution in [2.24, 2.45) is 0 Å². The molecule has 1 amide bonds. The van der Waals surface area contributed by atoms with Gasteiger partial charge in [-0.3, -0.25) is 4.79 Å². The lowest BCUT2D eigenvalue weighted by Gasteiger charge is -2.14. The summed E-state index contributed by atoms with van der Waals surface area (Å²) < 4.78 is 13.3. The van der Waals surface area contributed by atoms with Gasteiger partial charge in [-0.1, -0.05) is 25.1 Å². The summed E-state index contributed by atoms with van der Waals surface area (Å²) in [6.07, 6.45) is 1.29. The normalized spacial score (nSPS) is 12.2. The van der Waals surface area contributed by atoms with Crippen molar-refractivity contribution >= 4 is 5.91 Å². The topological polar surface area (TPSA) is 29.1 Å². The monoisotopic (exact) mass is 209 g/mol. The van der Waals surface area contributed by atoms with Crippen molar-refractivity contribution in [3.05, 3.63) is 35.6 Å². The summed E-state index contributed by atoms with van der Waals surface area (Å²) in [4.78, 5) is 11.3. The van der Waals surface area contributed by atoms with Crippen LogP contribution in [0.25, 0.3) is 0 Å². The van der Waals surface area contributed by atoms with Crippen LogP contribution in [0.3, 0.4) is 0 Å². The average Bonchev–Trinajstić information content (AvgIpc) is 2.18. The maximum absolute atomic E-state index is 13.3. The largest absolute Gasteiger partial charge is 0.349 e. The van der Waals surface area contributed by atoms with Crippen molar-refractivity contribution < 1.29 is 9.18 Å². The molecular weight excluding hydrogens is 193 g/mol. The van der Waals surface area contributed by atoms with Crippen LogP contribution in [-0.2, 0) is 4.79 Å². The van der Waals surface area contributed by atoms with E-state index in [1.165, 1.54) is 6.07 Å². The Morgan fingerprint density at radius 3 is 2.73 bits per heavy atom. The molecule has 0 aliphatic rings. The molecule has 82 valence electrons. The Morgan fingerprint density at radius 2 is 2.13 bits per heavy atom. The molecule has 0 aliphatic heterocycles. The van der Waals surface area contributed by atoms with E-state index >= 15 is 0 Å². The van der Waals surface area contributed by atoms with E-state index in [1.807, 2.05) is 6.92 Å². The fourth-order valence-electron chi connectivity index (χ4n) is 1.44. The maximum atomic E-state index is 13.3. The van der Waals surface area contributed by atoms with Gasteiger partial charge >= 0.3 is 0 Å². The molecule has 2 nitrogen and oxygen atoms in total. The van der Waals surface area contributed by atoms with E-state index in [-0.39, 0.29) is 17.8 Å². The smallest absolute Gasteiger partial charge is 0.220 e. The number of nitrogens with one attached hydrogen (secondary N) is 1. The van der Waals surface area contributed by atoms with Crippen molar-refractivity contribution in [3.8, 4) is 0 Å². The highest BCUT2D eigenvalue weighted by atomic mass is 19.1. The Bertz CT molecular complexity index is 338. The highest BCUT2D eigenvalue weighted by Gasteiger charge is 2.11. The number of benzene rings is 1. The first kappa shape index (κ1) is 11.7. The molecular formula is C12H16FNO. The molecule has 1 aromatic rings. The third-order valence-electron chi connectivity index (χ3n) is 2.23. The lowest BCUT2D eigenvalue weighted by Crippen LogP contribution is -2.26. The summed E-state index contributed by atoms with van der Waals surface area (Å²) >= 11 is 0. The molecule has 1 aromatic carbocycles. The minimum absolute atomic E-state index is 0.0340. The second kappa shape index (κ2) is 5.49. The van der Waals surface area contributed by atoms with Crippen LogP contribution in [0.1, 0.15) is 38.3 Å². The second-order valence-electron chi connectivity index (χ2n) is 3.56. The van der Waals surface area contributed by atoms with Gasteiger partial charge in [0.1, 0.15) is 5.82 Å². The number of rotatable bonds is 4. The molecule has 0 bridgehead atoms. The van der Waals surface area contributed by atoms with E-state index in [2.05, 4.69) is 5.32 Å². The van der Waals surface area contributed by atoms with Crippen LogP contribution in [0, 0.1) is 5.82 Å². The average molecular weight is 209 g/mol. The Balaban J connectivity index is 2.65. The number of amides is 1. The molecule has 0 unspecified atom stereocenters. The van der Waals surface area contributed by atoms with Crippen LogP contribution in [0.5, 0.6) is 0 Å². The van der Waals surface area contributed by atoms with Gasteiger partial charge in [-0.05, 0) is 19.4 Å². The van der Waals surface area contributed by atoms with Gasteiger partial charge in [-0.2, -0.15) is 0 Å². The lowest BCUT2D eigenvalue weighted by atomic mass is 10.1. The summed E-state index contributed by atoms with van der Waals surface area (Å²) in [7, 11) is 0. The van der Waals surface area contributed by atoms with E-state index < -0.39 is 0 Å². The first-order valence-electron chi connectivity index (χ1n) is 5.19. The highest BCUT2D eigenvalue weighted by Crippen LogP contribution is 2.15. The lowest BCUT2D eigenvalue weighted by molar-refractivity contribution is -0.121. The highest BCUT2D eigenvalue weighted by molar-refractivity contribution is 5.76. The molecule has 0 aliphatic carbocycles. The second-order valence-corrected chi connectivity index (χ2v) is 3.56. The van der Waals surface area contributed by atoms with Gasteiger partial charge in [0, 0.05) is 12.0 Å². The van der Waals surface area contributed by atoms with Crippen molar-refractivity contribution in [1.82, 2.24) is 5.32 Å². The Morgan fingerprint density at radius 1 is 1.47 bits per heavy atom. The fourth-order valence-corrected chi connectivity index (χ4v) is 1.44. The maximum Gasteiger partial charge on any atom is 0.220 e. The Labute approximate surface area is 89.5 Å². The molecule has 1 atom stereocenters. The zero-order valence-electron chi connectivity index (χ0n) is 9.09. The van der Waals surface area contributed by atoms with Gasteiger partial charge in [0.15, 0.2) is 0 Å². The number of hydrogen-bond donors (Lipinski definition) is 1. The SMILES string of the molecule is CCCC(=O)N[C@H](C)c1ccccc1F. The predicted octanol–water partition coefficient (Wildman–Crippen LogP) is 2.80. The molecule has 3 heteroatoms. The van der Waals surface area contributed by atoms with Crippen LogP contribution in [0.15, 0.2) is 24.3 Å². The molecule has 0 fully saturated rings. The molecule has 1 rings (SSSR count). The summed E-state index contributed by atoms with van der Waals surface area (Å²) in [5.74, 6) is -0.310. The Hall–Kier alpha value is -1.38. The summed E-state index contributed by atoms with van der Waals surface area (Å²) in [5, 5.41) is 2.76. The number of halogens is 1. The first-order chi connectivity index (χ1) is 7.15. The molecule has 0 saturated heterocycles. The molecule has 0 aromatic heterocycles. The molecule has 0 spiro atoms. The van der Waals surface area contributed by atoms with Crippen LogP contribution in [0.4, 0.5) is 4.39 Å². The van der Waals surface area contributed by atoms with Gasteiger partial charge in [0.05, 0.1) is 6.04 Å². The third-order valence-corrected chi connectivity index (χ3v) is 2.23. The van der Waals surface area contributed by atoms with Gasteiger partial charge in [-0.25, -0.2) is 4.39 Å². The standard InChI is InChI=1S/C12H16FNO/c1-3-6-12(15)14-9(2)10-7-4-5-8-11(10)13/h4-5,7-9H,3,6H2,1-2H3,(H,14,15)/t9-/m1/s1. The van der Waals surface area contributed by atoms with Crippen molar-refractivity contribution in [2.45, 2.75) is 32.7 Å². The summed E-state index contributed by atoms with van der Waals surface area (Å²) in [5.41, 5.74) is 0.530. The van der Waals surface area contributed by atoms with Crippen molar-refractivity contribution in [1.29, 1.82) is 0 Å². The minimum atomic E-state index is -0.276. The van der Waals surface area contributed by atoms with Crippen LogP contribution >= 0.6 is 0 Å². The fraction of sp³-hybridized carbons (Fsp3) is 0.417. The third kappa shape index (κ3) is 3.35. The van der Waals surface area contributed by atoms with Crippen molar-refractivity contribution in [2.75, 3.05) is 0 Å². The molecule has 0 heterocycles. The number of hydrogen-bond acceptors (Lipinski definition) is 1. The van der Waals surface area contributed by atoms with E-state index in [4.69, 9.17) is 0 Å². The molecule has 0 saturated carbocycles. The minimum Gasteiger partial charge on any atom is -0.349 e. The zero-order valence-corrected chi connectivity index (χ0v) is 9.09. The quantitative estimate of drug-likeness (QED) is 0.811. The van der Waals surface area contributed by atoms with Crippen LogP contribution in [0.2, 0.25) is 0 Å². The van der Waals surface area contributed by atoms with E-state index in [9.17, 15) is 9.18 Å². The predicted molar refractivity (Wildman–Crippen MR) is 57.9 cm³/mol. The van der Waals surface area contributed by atoms with Crippen LogP contribution in [-0.4, -0.2) is 5.91 Å². The summed E-state index contributed by atoms with van der Waals surface area (Å²) in [6, 6.07) is 6.22. The van der Waals surface area contributed by atoms with E-state index in [1.54, 1.807) is 25.1 Å². The first-order valence-corrected chi connectivity index (χ1v) is 5.19. The molecule has 1 N–H and O–H groups in total.